The molecule has 210 valence electrons. The number of nitrogens with one attached hydrogen (secondary N) is 2. The highest BCUT2D eigenvalue weighted by molar-refractivity contribution is 6.02. The molecule has 0 spiro atoms. The van der Waals surface area contributed by atoms with Crippen molar-refractivity contribution in [2.24, 2.45) is 5.92 Å². The van der Waals surface area contributed by atoms with Gasteiger partial charge in [0.15, 0.2) is 11.6 Å². The van der Waals surface area contributed by atoms with Crippen molar-refractivity contribution < 1.29 is 41.1 Å². The van der Waals surface area contributed by atoms with E-state index in [1.807, 2.05) is 0 Å². The Morgan fingerprint density at radius 2 is 1.55 bits per heavy atom. The van der Waals surface area contributed by atoms with Crippen LogP contribution in [0, 0.1) is 17.6 Å². The Morgan fingerprint density at radius 1 is 0.900 bits per heavy atom. The van der Waals surface area contributed by atoms with Gasteiger partial charge in [-0.15, -0.1) is 0 Å². The first-order valence-electron chi connectivity index (χ1n) is 12.1. The minimum Gasteiger partial charge on any atom is -0.467 e. The third-order valence-electron chi connectivity index (χ3n) is 6.42. The molecule has 3 aromatic rings. The predicted octanol–water partition coefficient (Wildman–Crippen LogP) is 6.45. The van der Waals surface area contributed by atoms with Crippen LogP contribution in [-0.4, -0.2) is 36.0 Å². The molecule has 1 aliphatic rings. The Morgan fingerprint density at radius 3 is 2.15 bits per heavy atom. The van der Waals surface area contributed by atoms with Crippen LogP contribution in [0.25, 0.3) is 11.1 Å². The molecule has 1 aliphatic heterocycles. The van der Waals surface area contributed by atoms with Gasteiger partial charge < -0.3 is 20.3 Å². The van der Waals surface area contributed by atoms with E-state index in [2.05, 4.69) is 10.6 Å². The SMILES string of the molecule is COC(=O)[C@H](C(C)C)N1Cc2ccc(-c3ccc(NC(=O)Nc4ccc(F)c(F)c4)cc3C(F)(F)F)cc2C1=O. The van der Waals surface area contributed by atoms with E-state index in [-0.39, 0.29) is 40.5 Å². The first-order chi connectivity index (χ1) is 18.8. The van der Waals surface area contributed by atoms with Crippen LogP contribution in [0.4, 0.5) is 38.1 Å². The molecule has 3 aromatic carbocycles. The maximum atomic E-state index is 14.1. The molecule has 3 amide bonds. The summed E-state index contributed by atoms with van der Waals surface area (Å²) in [5.41, 5.74) is -0.780. The van der Waals surface area contributed by atoms with Crippen LogP contribution in [0.1, 0.15) is 35.3 Å². The van der Waals surface area contributed by atoms with Crippen LogP contribution < -0.4 is 10.6 Å². The van der Waals surface area contributed by atoms with Crippen molar-refractivity contribution in [2.45, 2.75) is 32.6 Å². The first-order valence-corrected chi connectivity index (χ1v) is 12.1. The molecule has 0 saturated heterocycles. The molecular formula is C28H24F5N3O4. The van der Waals surface area contributed by atoms with Crippen molar-refractivity contribution >= 4 is 29.3 Å². The van der Waals surface area contributed by atoms with Crippen LogP contribution in [-0.2, 0) is 22.3 Å². The topological polar surface area (TPSA) is 87.7 Å². The number of halogens is 5. The van der Waals surface area contributed by atoms with E-state index in [9.17, 15) is 36.3 Å². The number of anilines is 2. The number of amides is 3. The summed E-state index contributed by atoms with van der Waals surface area (Å²) in [4.78, 5) is 39.1. The van der Waals surface area contributed by atoms with Gasteiger partial charge in [-0.3, -0.25) is 4.79 Å². The summed E-state index contributed by atoms with van der Waals surface area (Å²) in [6.45, 7) is 3.62. The molecule has 0 aliphatic carbocycles. The standard InChI is InChI=1S/C28H24F5N3O4/c1-14(2)24(26(38)40-3)36-13-16-5-4-15(10-20(16)25(36)37)19-8-6-17(11-21(19)28(31,32)33)34-27(39)35-18-7-9-22(29)23(30)12-18/h4-12,14,24H,13H2,1-3H3,(H2,34,35,39)/t24-/m0/s1. The summed E-state index contributed by atoms with van der Waals surface area (Å²) >= 11 is 0. The van der Waals surface area contributed by atoms with Crippen molar-refractivity contribution in [2.75, 3.05) is 17.7 Å². The number of nitrogens with zero attached hydrogens (tertiary/aromatic N) is 1. The predicted molar refractivity (Wildman–Crippen MR) is 136 cm³/mol. The van der Waals surface area contributed by atoms with E-state index in [1.54, 1.807) is 19.9 Å². The van der Waals surface area contributed by atoms with Crippen molar-refractivity contribution in [1.82, 2.24) is 4.90 Å². The van der Waals surface area contributed by atoms with Gasteiger partial charge in [-0.2, -0.15) is 13.2 Å². The Balaban J connectivity index is 1.62. The Labute approximate surface area is 225 Å². The normalized spacial score (nSPS) is 13.7. The summed E-state index contributed by atoms with van der Waals surface area (Å²) in [6, 6.07) is 8.24. The van der Waals surface area contributed by atoms with Gasteiger partial charge in [0.1, 0.15) is 6.04 Å². The zero-order valence-electron chi connectivity index (χ0n) is 21.5. The van der Waals surface area contributed by atoms with Gasteiger partial charge in [0.2, 0.25) is 0 Å². The van der Waals surface area contributed by atoms with Gasteiger partial charge in [0, 0.05) is 29.5 Å². The fourth-order valence-electron chi connectivity index (χ4n) is 4.57. The second-order valence-electron chi connectivity index (χ2n) is 9.48. The smallest absolute Gasteiger partial charge is 0.417 e. The van der Waals surface area contributed by atoms with Gasteiger partial charge in [-0.05, 0) is 52.9 Å². The van der Waals surface area contributed by atoms with E-state index < -0.39 is 47.3 Å². The fourth-order valence-corrected chi connectivity index (χ4v) is 4.57. The lowest BCUT2D eigenvalue weighted by Crippen LogP contribution is -2.45. The zero-order valence-corrected chi connectivity index (χ0v) is 21.5. The maximum absolute atomic E-state index is 14.1. The number of benzene rings is 3. The van der Waals surface area contributed by atoms with Crippen molar-refractivity contribution in [3.63, 3.8) is 0 Å². The average molecular weight is 562 g/mol. The molecule has 40 heavy (non-hydrogen) atoms. The Kier molecular flexibility index (Phi) is 7.81. The number of esters is 1. The average Bonchev–Trinajstić information content (AvgIpc) is 3.20. The lowest BCUT2D eigenvalue weighted by atomic mass is 9.95. The molecule has 0 bridgehead atoms. The maximum Gasteiger partial charge on any atom is 0.417 e. The van der Waals surface area contributed by atoms with Crippen molar-refractivity contribution in [3.05, 3.63) is 82.9 Å². The molecule has 0 radical (unpaired) electrons. The van der Waals surface area contributed by atoms with Crippen LogP contribution in [0.15, 0.2) is 54.6 Å². The van der Waals surface area contributed by atoms with Crippen LogP contribution in [0.5, 0.6) is 0 Å². The fraction of sp³-hybridized carbons (Fsp3) is 0.250. The lowest BCUT2D eigenvalue weighted by Gasteiger charge is -2.28. The van der Waals surface area contributed by atoms with E-state index >= 15 is 0 Å². The number of rotatable bonds is 6. The lowest BCUT2D eigenvalue weighted by molar-refractivity contribution is -0.147. The van der Waals surface area contributed by atoms with Gasteiger partial charge in [-0.25, -0.2) is 18.4 Å². The molecule has 0 saturated carbocycles. The molecular weight excluding hydrogens is 537 g/mol. The second-order valence-corrected chi connectivity index (χ2v) is 9.48. The number of hydrogen-bond acceptors (Lipinski definition) is 4. The highest BCUT2D eigenvalue weighted by atomic mass is 19.4. The minimum atomic E-state index is -4.83. The number of carbonyl (C=O) groups is 3. The number of alkyl halides is 3. The van der Waals surface area contributed by atoms with Crippen LogP contribution >= 0.6 is 0 Å². The van der Waals surface area contributed by atoms with Crippen LogP contribution in [0.3, 0.4) is 0 Å². The third-order valence-corrected chi connectivity index (χ3v) is 6.42. The van der Waals surface area contributed by atoms with Gasteiger partial charge >= 0.3 is 18.2 Å². The van der Waals surface area contributed by atoms with E-state index in [1.165, 1.54) is 30.2 Å². The first kappa shape index (κ1) is 28.5. The Bertz CT molecular complexity index is 1490. The molecule has 0 fully saturated rings. The molecule has 1 atom stereocenters. The molecule has 1 heterocycles. The quantitative estimate of drug-likeness (QED) is 0.268. The van der Waals surface area contributed by atoms with Crippen molar-refractivity contribution in [3.8, 4) is 11.1 Å². The summed E-state index contributed by atoms with van der Waals surface area (Å²) in [5.74, 6) is -3.68. The molecule has 2 N–H and O–H groups in total. The Hall–Kier alpha value is -4.48. The molecule has 0 aromatic heterocycles. The zero-order chi connectivity index (χ0) is 29.4. The van der Waals surface area contributed by atoms with Crippen molar-refractivity contribution in [1.29, 1.82) is 0 Å². The molecule has 12 heteroatoms. The van der Waals surface area contributed by atoms with Gasteiger partial charge in [0.25, 0.3) is 5.91 Å². The summed E-state index contributed by atoms with van der Waals surface area (Å²) in [7, 11) is 1.22. The van der Waals surface area contributed by atoms with Crippen LogP contribution in [0.2, 0.25) is 0 Å². The number of carbonyl (C=O) groups excluding carboxylic acids is 3. The number of methoxy groups -OCH3 is 1. The van der Waals surface area contributed by atoms with E-state index in [0.29, 0.717) is 5.56 Å². The highest BCUT2D eigenvalue weighted by Crippen LogP contribution is 2.40. The third kappa shape index (κ3) is 5.75. The second kappa shape index (κ2) is 10.9. The monoisotopic (exact) mass is 561 g/mol. The van der Waals surface area contributed by atoms with Gasteiger partial charge in [-0.1, -0.05) is 32.0 Å². The molecule has 7 nitrogen and oxygen atoms in total. The van der Waals surface area contributed by atoms with E-state index in [0.717, 1.165) is 30.3 Å². The summed E-state index contributed by atoms with van der Waals surface area (Å²) in [5, 5.41) is 4.45. The molecule has 0 unspecified atom stereocenters. The number of ether oxygens (including phenoxy) is 1. The summed E-state index contributed by atoms with van der Waals surface area (Å²) < 4.78 is 73.6. The highest BCUT2D eigenvalue weighted by Gasteiger charge is 2.39. The summed E-state index contributed by atoms with van der Waals surface area (Å²) in [6.07, 6.45) is -4.83. The minimum absolute atomic E-state index is 0.104. The number of hydrogen-bond donors (Lipinski definition) is 2. The largest absolute Gasteiger partial charge is 0.467 e. The number of urea groups is 1. The van der Waals surface area contributed by atoms with E-state index in [4.69, 9.17) is 4.74 Å². The van der Waals surface area contributed by atoms with Gasteiger partial charge in [0.05, 0.1) is 12.7 Å². The molecule has 4 rings (SSSR count). The number of fused-ring (bicyclic) bond motifs is 1.